The van der Waals surface area contributed by atoms with Gasteiger partial charge in [0.25, 0.3) is 5.91 Å². The third-order valence-corrected chi connectivity index (χ3v) is 10.1. The minimum absolute atomic E-state index is 0.0649. The molecule has 6 atom stereocenters. The lowest BCUT2D eigenvalue weighted by atomic mass is 9.71. The van der Waals surface area contributed by atoms with E-state index in [1.165, 1.54) is 0 Å². The van der Waals surface area contributed by atoms with Crippen LogP contribution in [0.3, 0.4) is 0 Å². The highest BCUT2D eigenvalue weighted by atomic mass is 32.2. The van der Waals surface area contributed by atoms with E-state index in [0.29, 0.717) is 25.8 Å². The van der Waals surface area contributed by atoms with Crippen molar-refractivity contribution in [2.45, 2.75) is 68.5 Å². The van der Waals surface area contributed by atoms with Gasteiger partial charge in [-0.3, -0.25) is 14.4 Å². The molecule has 1 aromatic carbocycles. The number of likely N-dealkylation sites (tertiary alicyclic amines) is 1. The van der Waals surface area contributed by atoms with E-state index in [4.69, 9.17) is 4.74 Å². The second-order valence-electron chi connectivity index (χ2n) is 10.3. The van der Waals surface area contributed by atoms with Crippen LogP contribution in [0.5, 0.6) is 0 Å². The first kappa shape index (κ1) is 27.5. The zero-order chi connectivity index (χ0) is 26.9. The van der Waals surface area contributed by atoms with Crippen molar-refractivity contribution in [1.82, 2.24) is 4.90 Å². The molecular weight excluding hydrogens is 488 g/mol. The second-order valence-corrected chi connectivity index (χ2v) is 11.9. The molecule has 3 saturated heterocycles. The van der Waals surface area contributed by atoms with E-state index in [1.54, 1.807) is 33.7 Å². The van der Waals surface area contributed by atoms with Gasteiger partial charge in [0.15, 0.2) is 0 Å². The van der Waals surface area contributed by atoms with Gasteiger partial charge in [-0.05, 0) is 50.7 Å². The van der Waals surface area contributed by atoms with Crippen molar-refractivity contribution in [2.75, 3.05) is 24.7 Å². The van der Waals surface area contributed by atoms with E-state index >= 15 is 0 Å². The number of aryl methyl sites for hydroxylation is 2. The van der Waals surface area contributed by atoms with Gasteiger partial charge in [-0.1, -0.05) is 37.3 Å². The van der Waals surface area contributed by atoms with Crippen molar-refractivity contribution in [1.29, 1.82) is 0 Å². The Morgan fingerprint density at radius 3 is 2.59 bits per heavy atom. The zero-order valence-corrected chi connectivity index (χ0v) is 22.8. The number of aliphatic hydroxyl groups is 1. The Balaban J connectivity index is 1.80. The average Bonchev–Trinajstić information content (AvgIpc) is 3.52. The number of carbonyl (C=O) groups is 3. The van der Waals surface area contributed by atoms with Crippen molar-refractivity contribution >= 4 is 35.2 Å². The molecule has 1 N–H and O–H groups in total. The van der Waals surface area contributed by atoms with Gasteiger partial charge >= 0.3 is 5.97 Å². The highest BCUT2D eigenvalue weighted by Gasteiger charge is 2.74. The summed E-state index contributed by atoms with van der Waals surface area (Å²) in [6, 6.07) is 4.60. The van der Waals surface area contributed by atoms with Crippen LogP contribution in [0.25, 0.3) is 0 Å². The quantitative estimate of drug-likeness (QED) is 0.268. The normalized spacial score (nSPS) is 28.6. The van der Waals surface area contributed by atoms with Crippen molar-refractivity contribution in [3.05, 3.63) is 54.6 Å². The summed E-state index contributed by atoms with van der Waals surface area (Å²) in [5.41, 5.74) is 2.73. The van der Waals surface area contributed by atoms with Gasteiger partial charge < -0.3 is 19.6 Å². The summed E-state index contributed by atoms with van der Waals surface area (Å²) in [7, 11) is 0. The first-order valence-corrected chi connectivity index (χ1v) is 14.0. The number of anilines is 1. The lowest BCUT2D eigenvalue weighted by molar-refractivity contribution is -0.154. The Morgan fingerprint density at radius 2 is 2.00 bits per heavy atom. The van der Waals surface area contributed by atoms with E-state index in [2.05, 4.69) is 13.2 Å². The molecule has 3 fully saturated rings. The Bertz CT molecular complexity index is 1070. The van der Waals surface area contributed by atoms with Gasteiger partial charge in [-0.2, -0.15) is 0 Å². The van der Waals surface area contributed by atoms with Gasteiger partial charge in [-0.15, -0.1) is 24.9 Å². The highest BCUT2D eigenvalue weighted by molar-refractivity contribution is 8.02. The Kier molecular flexibility index (Phi) is 8.19. The molecule has 3 aliphatic rings. The molecule has 2 amide bonds. The van der Waals surface area contributed by atoms with E-state index < -0.39 is 28.7 Å². The monoisotopic (exact) mass is 526 g/mol. The standard InChI is InChI=1S/C29H38N2O5S/c1-6-9-16-36-28(35)22-21-13-14-29(37-21)23(22)26(33)31(20(8-3)17-32)25(29)27(34)30(15-7-2)24-18(4)11-10-12-19(24)5/h6-7,10-12,20-23,25,32H,1-2,8-9,13-17H2,3-5H3/t20-,21+,22-,23-,25?,29?/m0/s1. The number of nitrogens with zero attached hydrogens (tertiary/aromatic N) is 2. The van der Waals surface area contributed by atoms with Crippen LogP contribution in [0.4, 0.5) is 5.69 Å². The van der Waals surface area contributed by atoms with E-state index in [-0.39, 0.29) is 36.2 Å². The van der Waals surface area contributed by atoms with Crippen LogP contribution in [0.15, 0.2) is 43.5 Å². The number of hydrogen-bond acceptors (Lipinski definition) is 6. The van der Waals surface area contributed by atoms with Gasteiger partial charge in [0.2, 0.25) is 5.91 Å². The predicted octanol–water partition coefficient (Wildman–Crippen LogP) is 3.80. The van der Waals surface area contributed by atoms with Crippen LogP contribution in [0.2, 0.25) is 0 Å². The van der Waals surface area contributed by atoms with Crippen LogP contribution in [0, 0.1) is 25.7 Å². The first-order valence-electron chi connectivity index (χ1n) is 13.1. The number of para-hydroxylation sites is 1. The average molecular weight is 527 g/mol. The fourth-order valence-corrected chi connectivity index (χ4v) is 8.77. The summed E-state index contributed by atoms with van der Waals surface area (Å²) >= 11 is 1.61. The Morgan fingerprint density at radius 1 is 1.30 bits per heavy atom. The summed E-state index contributed by atoms with van der Waals surface area (Å²) in [6.45, 7) is 13.7. The zero-order valence-electron chi connectivity index (χ0n) is 22.0. The fourth-order valence-electron chi connectivity index (χ4n) is 6.58. The molecule has 200 valence electrons. The molecule has 0 aliphatic carbocycles. The summed E-state index contributed by atoms with van der Waals surface area (Å²) in [6.07, 6.45) is 5.84. The van der Waals surface area contributed by atoms with Crippen molar-refractivity contribution < 1.29 is 24.2 Å². The third-order valence-electron chi connectivity index (χ3n) is 8.17. The minimum atomic E-state index is -0.790. The number of carbonyl (C=O) groups excluding carboxylic acids is 3. The molecule has 1 aromatic rings. The molecule has 0 radical (unpaired) electrons. The highest BCUT2D eigenvalue weighted by Crippen LogP contribution is 2.67. The SMILES string of the molecule is C=CCCOC(=O)[C@@H]1[C@H]2C(=O)N([C@@H](CC)CO)C(C(=O)N(CC=C)c3c(C)cccc3C)C23CC[C@H]1S3. The lowest BCUT2D eigenvalue weighted by Gasteiger charge is -2.40. The molecule has 3 aliphatic heterocycles. The van der Waals surface area contributed by atoms with E-state index in [9.17, 15) is 19.5 Å². The van der Waals surface area contributed by atoms with Crippen molar-refractivity contribution in [3.8, 4) is 0 Å². The van der Waals surface area contributed by atoms with Crippen LogP contribution in [0.1, 0.15) is 43.7 Å². The smallest absolute Gasteiger partial charge is 0.310 e. The lowest BCUT2D eigenvalue weighted by Crippen LogP contribution is -2.57. The van der Waals surface area contributed by atoms with E-state index in [1.807, 2.05) is 39.0 Å². The summed E-state index contributed by atoms with van der Waals surface area (Å²) in [5.74, 6) is -2.03. The molecule has 0 aromatic heterocycles. The molecule has 0 saturated carbocycles. The number of amides is 2. The van der Waals surface area contributed by atoms with E-state index in [0.717, 1.165) is 23.2 Å². The number of thioether (sulfide) groups is 1. The molecule has 1 spiro atoms. The molecule has 8 heteroatoms. The molecular formula is C29H38N2O5S. The number of esters is 1. The molecule has 4 rings (SSSR count). The van der Waals surface area contributed by atoms with Crippen LogP contribution in [-0.2, 0) is 19.1 Å². The topological polar surface area (TPSA) is 87.1 Å². The molecule has 7 nitrogen and oxygen atoms in total. The van der Waals surface area contributed by atoms with Crippen molar-refractivity contribution in [3.63, 3.8) is 0 Å². The number of rotatable bonds is 11. The summed E-state index contributed by atoms with van der Waals surface area (Å²) in [4.78, 5) is 45.3. The van der Waals surface area contributed by atoms with Gasteiger partial charge in [-0.25, -0.2) is 0 Å². The van der Waals surface area contributed by atoms with Crippen molar-refractivity contribution in [2.24, 2.45) is 11.8 Å². The molecule has 3 heterocycles. The predicted molar refractivity (Wildman–Crippen MR) is 146 cm³/mol. The number of aliphatic hydroxyl groups excluding tert-OH is 1. The molecule has 2 bridgehead atoms. The fraction of sp³-hybridized carbons (Fsp3) is 0.552. The minimum Gasteiger partial charge on any atom is -0.465 e. The number of benzene rings is 1. The van der Waals surface area contributed by atoms with Crippen LogP contribution < -0.4 is 4.90 Å². The van der Waals surface area contributed by atoms with Gasteiger partial charge in [0.05, 0.1) is 35.8 Å². The second kappa shape index (κ2) is 11.0. The Labute approximate surface area is 223 Å². The number of ether oxygens (including phenoxy) is 1. The molecule has 37 heavy (non-hydrogen) atoms. The maximum Gasteiger partial charge on any atom is 0.310 e. The van der Waals surface area contributed by atoms with Gasteiger partial charge in [0, 0.05) is 17.5 Å². The summed E-state index contributed by atoms with van der Waals surface area (Å²) in [5, 5.41) is 10.2. The third kappa shape index (κ3) is 4.42. The molecule has 2 unspecified atom stereocenters. The number of hydrogen-bond donors (Lipinski definition) is 1. The van der Waals surface area contributed by atoms with Crippen LogP contribution in [-0.4, -0.2) is 69.6 Å². The van der Waals surface area contributed by atoms with Gasteiger partial charge in [0.1, 0.15) is 6.04 Å². The Hall–Kier alpha value is -2.58. The summed E-state index contributed by atoms with van der Waals surface area (Å²) < 4.78 is 4.81. The maximum atomic E-state index is 14.6. The first-order chi connectivity index (χ1) is 17.8. The number of fused-ring (bicyclic) bond motifs is 1. The maximum absolute atomic E-state index is 14.6. The largest absolute Gasteiger partial charge is 0.465 e. The van der Waals surface area contributed by atoms with Crippen LogP contribution >= 0.6 is 11.8 Å².